The molecule has 0 aliphatic carbocycles. The summed E-state index contributed by atoms with van der Waals surface area (Å²) < 4.78 is 22.5. The monoisotopic (exact) mass is 298 g/mol. The number of likely N-dealkylation sites (N-methyl/N-ethyl adjacent to an activating group) is 1. The second kappa shape index (κ2) is 5.78. The van der Waals surface area contributed by atoms with Crippen molar-refractivity contribution in [3.63, 3.8) is 0 Å². The summed E-state index contributed by atoms with van der Waals surface area (Å²) in [6.45, 7) is 1.76. The van der Waals surface area contributed by atoms with Crippen LogP contribution in [0.15, 0.2) is 29.2 Å². The van der Waals surface area contributed by atoms with Gasteiger partial charge in [0.05, 0.1) is 4.90 Å². The predicted molar refractivity (Wildman–Crippen MR) is 75.9 cm³/mol. The maximum atomic E-state index is 11.8. The molecule has 1 aliphatic heterocycles. The number of likely N-dealkylation sites (tertiary alicyclic amines) is 1. The van der Waals surface area contributed by atoms with E-state index in [0.29, 0.717) is 5.69 Å². The van der Waals surface area contributed by atoms with Crippen LogP contribution in [0.4, 0.5) is 10.5 Å². The van der Waals surface area contributed by atoms with Crippen LogP contribution in [-0.4, -0.2) is 45.5 Å². The van der Waals surface area contributed by atoms with Gasteiger partial charge in [0.15, 0.2) is 0 Å². The van der Waals surface area contributed by atoms with Crippen LogP contribution in [0.1, 0.15) is 6.42 Å². The Labute approximate surface area is 118 Å². The zero-order valence-electron chi connectivity index (χ0n) is 11.2. The number of hydrogen-bond donors (Lipinski definition) is 3. The molecule has 1 atom stereocenters. The first-order valence-electron chi connectivity index (χ1n) is 6.23. The summed E-state index contributed by atoms with van der Waals surface area (Å²) >= 11 is 0. The number of sulfonamides is 1. The van der Waals surface area contributed by atoms with E-state index in [0.717, 1.165) is 19.5 Å². The van der Waals surface area contributed by atoms with Crippen molar-refractivity contribution >= 4 is 21.7 Å². The third kappa shape index (κ3) is 3.92. The van der Waals surface area contributed by atoms with E-state index in [4.69, 9.17) is 5.14 Å². The summed E-state index contributed by atoms with van der Waals surface area (Å²) in [5.74, 6) is 0. The van der Waals surface area contributed by atoms with Crippen molar-refractivity contribution in [2.45, 2.75) is 17.4 Å². The zero-order chi connectivity index (χ0) is 14.8. The Kier molecular flexibility index (Phi) is 4.26. The van der Waals surface area contributed by atoms with Crippen LogP contribution in [0, 0.1) is 0 Å². The molecule has 0 saturated carbocycles. The molecule has 110 valence electrons. The van der Waals surface area contributed by atoms with Gasteiger partial charge in [-0.05, 0) is 38.2 Å². The minimum atomic E-state index is -3.77. The van der Waals surface area contributed by atoms with E-state index in [1.165, 1.54) is 18.2 Å². The number of nitrogens with zero attached hydrogens (tertiary/aromatic N) is 1. The van der Waals surface area contributed by atoms with E-state index in [2.05, 4.69) is 15.5 Å². The molecule has 2 amide bonds. The van der Waals surface area contributed by atoms with Gasteiger partial charge in [-0.15, -0.1) is 0 Å². The van der Waals surface area contributed by atoms with Gasteiger partial charge in [0.1, 0.15) is 0 Å². The van der Waals surface area contributed by atoms with Crippen molar-refractivity contribution in [3.8, 4) is 0 Å². The number of urea groups is 1. The summed E-state index contributed by atoms with van der Waals surface area (Å²) in [4.78, 5) is 13.9. The zero-order valence-corrected chi connectivity index (χ0v) is 12.0. The average Bonchev–Trinajstić information content (AvgIpc) is 2.73. The molecule has 1 unspecified atom stereocenters. The number of amides is 2. The van der Waals surface area contributed by atoms with E-state index in [-0.39, 0.29) is 17.0 Å². The fourth-order valence-electron chi connectivity index (χ4n) is 2.16. The molecule has 1 heterocycles. The number of primary sulfonamides is 1. The summed E-state index contributed by atoms with van der Waals surface area (Å²) in [7, 11) is -1.77. The van der Waals surface area contributed by atoms with Crippen LogP contribution in [0.3, 0.4) is 0 Å². The maximum absolute atomic E-state index is 11.8. The molecule has 2 rings (SSSR count). The fourth-order valence-corrected chi connectivity index (χ4v) is 2.72. The van der Waals surface area contributed by atoms with Gasteiger partial charge in [-0.25, -0.2) is 18.4 Å². The molecule has 4 N–H and O–H groups in total. The maximum Gasteiger partial charge on any atom is 0.319 e. The molecule has 20 heavy (non-hydrogen) atoms. The second-order valence-electron chi connectivity index (χ2n) is 4.92. The Morgan fingerprint density at radius 2 is 2.20 bits per heavy atom. The SMILES string of the molecule is CN1CCC(NC(=O)Nc2cccc(S(N)(=O)=O)c2)C1. The number of nitrogens with two attached hydrogens (primary N) is 1. The van der Waals surface area contributed by atoms with Gasteiger partial charge in [-0.2, -0.15) is 0 Å². The highest BCUT2D eigenvalue weighted by atomic mass is 32.2. The third-order valence-corrected chi connectivity index (χ3v) is 4.06. The molecule has 8 heteroatoms. The van der Waals surface area contributed by atoms with E-state index >= 15 is 0 Å². The second-order valence-corrected chi connectivity index (χ2v) is 6.48. The molecule has 0 spiro atoms. The quantitative estimate of drug-likeness (QED) is 0.739. The lowest BCUT2D eigenvalue weighted by molar-refractivity contribution is 0.248. The van der Waals surface area contributed by atoms with Crippen molar-refractivity contribution in [2.24, 2.45) is 5.14 Å². The van der Waals surface area contributed by atoms with Crippen molar-refractivity contribution in [3.05, 3.63) is 24.3 Å². The van der Waals surface area contributed by atoms with Crippen LogP contribution < -0.4 is 15.8 Å². The minimum Gasteiger partial charge on any atom is -0.334 e. The van der Waals surface area contributed by atoms with Crippen LogP contribution in [0.25, 0.3) is 0 Å². The molecule has 1 saturated heterocycles. The van der Waals surface area contributed by atoms with Gasteiger partial charge >= 0.3 is 6.03 Å². The van der Waals surface area contributed by atoms with Crippen molar-refractivity contribution in [2.75, 3.05) is 25.5 Å². The number of nitrogens with one attached hydrogen (secondary N) is 2. The predicted octanol–water partition coefficient (Wildman–Crippen LogP) is 0.160. The first kappa shape index (κ1) is 14.8. The summed E-state index contributed by atoms with van der Waals surface area (Å²) in [5, 5.41) is 10.5. The van der Waals surface area contributed by atoms with E-state index in [1.807, 2.05) is 7.05 Å². The molecule has 7 nitrogen and oxygen atoms in total. The van der Waals surface area contributed by atoms with Crippen LogP contribution in [-0.2, 0) is 10.0 Å². The smallest absolute Gasteiger partial charge is 0.319 e. The lowest BCUT2D eigenvalue weighted by Crippen LogP contribution is -2.39. The summed E-state index contributed by atoms with van der Waals surface area (Å²) in [6, 6.07) is 5.60. The van der Waals surface area contributed by atoms with Crippen LogP contribution in [0.2, 0.25) is 0 Å². The van der Waals surface area contributed by atoms with E-state index < -0.39 is 10.0 Å². The highest BCUT2D eigenvalue weighted by Crippen LogP contribution is 2.14. The van der Waals surface area contributed by atoms with Crippen molar-refractivity contribution in [1.82, 2.24) is 10.2 Å². The molecule has 1 aliphatic rings. The summed E-state index contributed by atoms with van der Waals surface area (Å²) in [6.07, 6.45) is 0.904. The molecule has 1 fully saturated rings. The highest BCUT2D eigenvalue weighted by molar-refractivity contribution is 7.89. The number of hydrogen-bond acceptors (Lipinski definition) is 4. The van der Waals surface area contributed by atoms with Gasteiger partial charge < -0.3 is 15.5 Å². The number of anilines is 1. The Hall–Kier alpha value is -1.64. The first-order chi connectivity index (χ1) is 9.34. The Balaban J connectivity index is 1.98. The summed E-state index contributed by atoms with van der Waals surface area (Å²) in [5.41, 5.74) is 0.389. The lowest BCUT2D eigenvalue weighted by atomic mass is 10.3. The molecule has 0 bridgehead atoms. The normalized spacial score (nSPS) is 19.8. The highest BCUT2D eigenvalue weighted by Gasteiger charge is 2.21. The van der Waals surface area contributed by atoms with Gasteiger partial charge in [0.25, 0.3) is 0 Å². The van der Waals surface area contributed by atoms with Gasteiger partial charge in [-0.1, -0.05) is 6.07 Å². The topological polar surface area (TPSA) is 105 Å². The molecular weight excluding hydrogens is 280 g/mol. The Morgan fingerprint density at radius 1 is 1.45 bits per heavy atom. The number of rotatable bonds is 3. The van der Waals surface area contributed by atoms with Crippen molar-refractivity contribution in [1.29, 1.82) is 0 Å². The molecule has 0 aromatic heterocycles. The molecular formula is C12H18N4O3S. The van der Waals surface area contributed by atoms with Crippen molar-refractivity contribution < 1.29 is 13.2 Å². The van der Waals surface area contributed by atoms with Gasteiger partial charge in [-0.3, -0.25) is 0 Å². The Bertz CT molecular complexity index is 602. The van der Waals surface area contributed by atoms with E-state index in [1.54, 1.807) is 6.07 Å². The molecule has 0 radical (unpaired) electrons. The average molecular weight is 298 g/mol. The first-order valence-corrected chi connectivity index (χ1v) is 7.78. The fraction of sp³-hybridized carbons (Fsp3) is 0.417. The van der Waals surface area contributed by atoms with Gasteiger partial charge in [0, 0.05) is 18.3 Å². The molecule has 1 aromatic rings. The lowest BCUT2D eigenvalue weighted by Gasteiger charge is -2.14. The third-order valence-electron chi connectivity index (χ3n) is 3.15. The standard InChI is InChI=1S/C12H18N4O3S/c1-16-6-5-10(8-16)15-12(17)14-9-3-2-4-11(7-9)20(13,18)19/h2-4,7,10H,5-6,8H2,1H3,(H2,13,18,19)(H2,14,15,17). The minimum absolute atomic E-state index is 0.0316. The van der Waals surface area contributed by atoms with E-state index in [9.17, 15) is 13.2 Å². The van der Waals surface area contributed by atoms with Gasteiger partial charge in [0.2, 0.25) is 10.0 Å². The Morgan fingerprint density at radius 3 is 2.80 bits per heavy atom. The van der Waals surface area contributed by atoms with Crippen LogP contribution in [0.5, 0.6) is 0 Å². The molecule has 1 aromatic carbocycles. The number of benzene rings is 1. The van der Waals surface area contributed by atoms with Crippen LogP contribution >= 0.6 is 0 Å². The largest absolute Gasteiger partial charge is 0.334 e. The number of carbonyl (C=O) groups is 1. The number of carbonyl (C=O) groups excluding carboxylic acids is 1.